The van der Waals surface area contributed by atoms with Gasteiger partial charge >= 0.3 is 0 Å². The van der Waals surface area contributed by atoms with Crippen LogP contribution in [0.15, 0.2) is 0 Å². The molecule has 4 N–H and O–H groups in total. The molecule has 0 saturated carbocycles. The first-order valence-electron chi connectivity index (χ1n) is 2.40. The first-order valence-corrected chi connectivity index (χ1v) is 2.40. The number of nitrogens with one attached hydrogen (secondary N) is 1. The maximum absolute atomic E-state index is 9.03. The zero-order valence-electron chi connectivity index (χ0n) is 4.96. The van der Waals surface area contributed by atoms with Gasteiger partial charge in [-0.15, -0.1) is 24.8 Å². The van der Waals surface area contributed by atoms with Gasteiger partial charge in [-0.3, -0.25) is 0 Å². The van der Waals surface area contributed by atoms with Gasteiger partial charge in [0.25, 0.3) is 0 Å². The average Bonchev–Trinajstić information content (AvgIpc) is 1.61. The Kier molecular flexibility index (Phi) is 5.82. The molecule has 1 aliphatic rings. The van der Waals surface area contributed by atoms with Crippen LogP contribution in [0.1, 0.15) is 0 Å². The third kappa shape index (κ3) is 2.69. The van der Waals surface area contributed by atoms with Gasteiger partial charge in [0.2, 0.25) is 0 Å². The molecule has 0 aromatic rings. The molecule has 5 heteroatoms. The lowest BCUT2D eigenvalue weighted by Crippen LogP contribution is -2.63. The Morgan fingerprint density at radius 1 is 1.44 bits per heavy atom. The van der Waals surface area contributed by atoms with Crippen molar-refractivity contribution in [3.8, 4) is 0 Å². The van der Waals surface area contributed by atoms with Crippen LogP contribution in [0, 0.1) is 0 Å². The van der Waals surface area contributed by atoms with Gasteiger partial charge in [-0.25, -0.2) is 0 Å². The maximum Gasteiger partial charge on any atom is 0.102 e. The van der Waals surface area contributed by atoms with Crippen LogP contribution in [-0.2, 0) is 0 Å². The topological polar surface area (TPSA) is 58.3 Å². The maximum atomic E-state index is 9.03. The van der Waals surface area contributed by atoms with E-state index >= 15 is 0 Å². The van der Waals surface area contributed by atoms with Crippen LogP contribution in [0.25, 0.3) is 0 Å². The number of hydrogen-bond donors (Lipinski definition) is 3. The van der Waals surface area contributed by atoms with Gasteiger partial charge in [0, 0.05) is 19.6 Å². The normalized spacial score (nSPS) is 20.7. The molecule has 1 fully saturated rings. The summed E-state index contributed by atoms with van der Waals surface area (Å²) in [7, 11) is 0. The molecule has 0 aromatic heterocycles. The van der Waals surface area contributed by atoms with Crippen LogP contribution in [0.3, 0.4) is 0 Å². The van der Waals surface area contributed by atoms with Crippen molar-refractivity contribution in [3.05, 3.63) is 0 Å². The molecule has 0 aliphatic carbocycles. The number of nitrogens with two attached hydrogens (primary N) is 1. The highest BCUT2D eigenvalue weighted by Gasteiger charge is 2.31. The summed E-state index contributed by atoms with van der Waals surface area (Å²) >= 11 is 0. The Morgan fingerprint density at radius 2 is 1.89 bits per heavy atom. The number of halogens is 2. The van der Waals surface area contributed by atoms with Crippen molar-refractivity contribution in [2.45, 2.75) is 5.60 Å². The van der Waals surface area contributed by atoms with E-state index < -0.39 is 5.60 Å². The van der Waals surface area contributed by atoms with Gasteiger partial charge in [0.05, 0.1) is 0 Å². The van der Waals surface area contributed by atoms with E-state index in [0.717, 1.165) is 0 Å². The Balaban J connectivity index is 0. The molecule has 0 unspecified atom stereocenters. The van der Waals surface area contributed by atoms with E-state index in [1.807, 2.05) is 0 Å². The average molecular weight is 175 g/mol. The summed E-state index contributed by atoms with van der Waals surface area (Å²) in [5.41, 5.74) is 4.61. The molecule has 0 bridgehead atoms. The van der Waals surface area contributed by atoms with Crippen LogP contribution in [-0.4, -0.2) is 30.3 Å². The van der Waals surface area contributed by atoms with Crippen LogP contribution in [0.5, 0.6) is 0 Å². The summed E-state index contributed by atoms with van der Waals surface area (Å²) in [5.74, 6) is 0. The van der Waals surface area contributed by atoms with Crippen LogP contribution in [0.4, 0.5) is 0 Å². The summed E-state index contributed by atoms with van der Waals surface area (Å²) in [6.45, 7) is 1.69. The molecule has 3 nitrogen and oxygen atoms in total. The predicted octanol–water partition coefficient (Wildman–Crippen LogP) is -0.877. The summed E-state index contributed by atoms with van der Waals surface area (Å²) in [4.78, 5) is 0. The van der Waals surface area contributed by atoms with Crippen molar-refractivity contribution in [3.63, 3.8) is 0 Å². The molecular formula is C4H12Cl2N2O. The largest absolute Gasteiger partial charge is 0.386 e. The molecule has 1 rings (SSSR count). The van der Waals surface area contributed by atoms with Gasteiger partial charge in [-0.05, 0) is 0 Å². The van der Waals surface area contributed by atoms with Gasteiger partial charge in [-0.2, -0.15) is 0 Å². The van der Waals surface area contributed by atoms with E-state index in [1.54, 1.807) is 0 Å². The SMILES string of the molecule is Cl.Cl.NCC1(O)CNC1. The zero-order chi connectivity index (χ0) is 5.33. The monoisotopic (exact) mass is 174 g/mol. The van der Waals surface area contributed by atoms with Crippen molar-refractivity contribution in [1.29, 1.82) is 0 Å². The molecule has 1 aliphatic heterocycles. The van der Waals surface area contributed by atoms with E-state index in [-0.39, 0.29) is 24.8 Å². The number of aliphatic hydroxyl groups is 1. The van der Waals surface area contributed by atoms with Gasteiger partial charge in [-0.1, -0.05) is 0 Å². The third-order valence-corrected chi connectivity index (χ3v) is 1.29. The van der Waals surface area contributed by atoms with Crippen LogP contribution < -0.4 is 11.1 Å². The first-order chi connectivity index (χ1) is 3.27. The Bertz CT molecular complexity index is 71.5. The number of β-amino-alcohol motifs (C(OH)–C–C–N with tert-alkyl or cyclic N) is 1. The first kappa shape index (κ1) is 12.2. The predicted molar refractivity (Wildman–Crippen MR) is 41.4 cm³/mol. The number of rotatable bonds is 1. The second-order valence-corrected chi connectivity index (χ2v) is 2.03. The van der Waals surface area contributed by atoms with Crippen molar-refractivity contribution >= 4 is 24.8 Å². The molecular weight excluding hydrogens is 163 g/mol. The van der Waals surface area contributed by atoms with Gasteiger partial charge in [0.1, 0.15) is 5.60 Å². The molecule has 1 heterocycles. The Hall–Kier alpha value is 0.460. The fourth-order valence-electron chi connectivity index (χ4n) is 0.558. The third-order valence-electron chi connectivity index (χ3n) is 1.29. The fraction of sp³-hybridized carbons (Fsp3) is 1.00. The van der Waals surface area contributed by atoms with E-state index in [0.29, 0.717) is 19.6 Å². The Labute approximate surface area is 66.8 Å². The smallest absolute Gasteiger partial charge is 0.102 e. The van der Waals surface area contributed by atoms with Gasteiger partial charge in [0.15, 0.2) is 0 Å². The summed E-state index contributed by atoms with van der Waals surface area (Å²) in [6.07, 6.45) is 0. The molecule has 0 atom stereocenters. The van der Waals surface area contributed by atoms with Crippen molar-refractivity contribution in [2.75, 3.05) is 19.6 Å². The molecule has 58 valence electrons. The summed E-state index contributed by atoms with van der Waals surface area (Å²) in [6, 6.07) is 0. The molecule has 1 saturated heterocycles. The second kappa shape index (κ2) is 4.30. The minimum Gasteiger partial charge on any atom is -0.386 e. The van der Waals surface area contributed by atoms with E-state index in [2.05, 4.69) is 5.32 Å². The second-order valence-electron chi connectivity index (χ2n) is 2.03. The van der Waals surface area contributed by atoms with E-state index in [9.17, 15) is 0 Å². The van der Waals surface area contributed by atoms with Crippen LogP contribution >= 0.6 is 24.8 Å². The molecule has 0 spiro atoms. The van der Waals surface area contributed by atoms with Crippen molar-refractivity contribution in [1.82, 2.24) is 5.32 Å². The number of hydrogen-bond acceptors (Lipinski definition) is 3. The van der Waals surface area contributed by atoms with Crippen LogP contribution in [0.2, 0.25) is 0 Å². The minimum atomic E-state index is -0.569. The highest BCUT2D eigenvalue weighted by Crippen LogP contribution is 2.05. The fourth-order valence-corrected chi connectivity index (χ4v) is 0.558. The lowest BCUT2D eigenvalue weighted by molar-refractivity contribution is -0.000757. The van der Waals surface area contributed by atoms with E-state index in [1.165, 1.54) is 0 Å². The minimum absolute atomic E-state index is 0. The molecule has 0 amide bonds. The van der Waals surface area contributed by atoms with Crippen molar-refractivity contribution in [2.24, 2.45) is 5.73 Å². The molecule has 9 heavy (non-hydrogen) atoms. The lowest BCUT2D eigenvalue weighted by Gasteiger charge is -2.36. The quantitative estimate of drug-likeness (QED) is 0.485. The summed E-state index contributed by atoms with van der Waals surface area (Å²) in [5, 5.41) is 12.0. The zero-order valence-corrected chi connectivity index (χ0v) is 6.60. The highest BCUT2D eigenvalue weighted by molar-refractivity contribution is 5.85. The van der Waals surface area contributed by atoms with Crippen molar-refractivity contribution < 1.29 is 5.11 Å². The summed E-state index contributed by atoms with van der Waals surface area (Å²) < 4.78 is 0. The molecule has 0 radical (unpaired) electrons. The molecule has 0 aromatic carbocycles. The highest BCUT2D eigenvalue weighted by atomic mass is 35.5. The lowest BCUT2D eigenvalue weighted by atomic mass is 9.98. The Morgan fingerprint density at radius 3 is 1.89 bits per heavy atom. The standard InChI is InChI=1S/C4H10N2O.2ClH/c5-1-4(7)2-6-3-4;;/h6-7H,1-3,5H2;2*1H. The van der Waals surface area contributed by atoms with Gasteiger partial charge < -0.3 is 16.2 Å². The van der Waals surface area contributed by atoms with E-state index in [4.69, 9.17) is 10.8 Å².